The number of halogens is 2. The lowest BCUT2D eigenvalue weighted by Crippen LogP contribution is -2.16. The molecular weight excluding hydrogens is 388 g/mol. The summed E-state index contributed by atoms with van der Waals surface area (Å²) in [6.07, 6.45) is 4.63. The van der Waals surface area contributed by atoms with E-state index in [1.807, 2.05) is 6.08 Å². The minimum Gasteiger partial charge on any atom is -0.490 e. The van der Waals surface area contributed by atoms with E-state index in [0.29, 0.717) is 18.3 Å². The molecule has 108 valence electrons. The van der Waals surface area contributed by atoms with Crippen molar-refractivity contribution in [3.63, 3.8) is 0 Å². The average molecular weight is 404 g/mol. The van der Waals surface area contributed by atoms with Crippen LogP contribution in [0, 0.1) is 11.8 Å². The minimum atomic E-state index is 0.00181. The highest BCUT2D eigenvalue weighted by molar-refractivity contribution is 9.11. The Balaban J connectivity index is 1.65. The summed E-state index contributed by atoms with van der Waals surface area (Å²) < 4.78 is 13.1. The normalized spacial score (nSPS) is 38.0. The molecule has 1 aliphatic carbocycles. The number of carbonyl (C=O) groups excluding carboxylic acids is 1. The molecular formula is C15H16Br2O3. The van der Waals surface area contributed by atoms with Crippen LogP contribution in [0.25, 0.3) is 0 Å². The topological polar surface area (TPSA) is 35.5 Å². The molecule has 2 aliphatic heterocycles. The van der Waals surface area contributed by atoms with Gasteiger partial charge in [0, 0.05) is 23.7 Å². The summed E-state index contributed by atoms with van der Waals surface area (Å²) in [5.41, 5.74) is 2.99. The lowest BCUT2D eigenvalue weighted by Gasteiger charge is -2.09. The van der Waals surface area contributed by atoms with Crippen molar-refractivity contribution in [2.45, 2.75) is 44.5 Å². The highest BCUT2D eigenvalue weighted by Crippen LogP contribution is 2.53. The van der Waals surface area contributed by atoms with Crippen LogP contribution >= 0.6 is 31.9 Å². The lowest BCUT2D eigenvalue weighted by molar-refractivity contribution is -0.117. The van der Waals surface area contributed by atoms with Crippen molar-refractivity contribution in [1.82, 2.24) is 0 Å². The van der Waals surface area contributed by atoms with Crippen LogP contribution in [0.4, 0.5) is 0 Å². The quantitative estimate of drug-likeness (QED) is 0.669. The van der Waals surface area contributed by atoms with Crippen LogP contribution in [0.1, 0.15) is 26.2 Å². The molecule has 2 heterocycles. The molecule has 5 atom stereocenters. The largest absolute Gasteiger partial charge is 0.490 e. The van der Waals surface area contributed by atoms with E-state index in [9.17, 15) is 4.79 Å². The van der Waals surface area contributed by atoms with Crippen molar-refractivity contribution in [3.8, 4) is 0 Å². The molecule has 0 N–H and O–H groups in total. The number of Topliss-reactive ketones (excluding diaryl/α,β-unsaturated/α-hetero) is 1. The first-order valence-corrected chi connectivity index (χ1v) is 8.53. The predicted molar refractivity (Wildman–Crippen MR) is 82.6 cm³/mol. The van der Waals surface area contributed by atoms with E-state index in [2.05, 4.69) is 37.6 Å². The number of carbonyl (C=O) groups is 1. The molecule has 0 bridgehead atoms. The van der Waals surface area contributed by atoms with Crippen molar-refractivity contribution in [2.75, 3.05) is 0 Å². The maximum Gasteiger partial charge on any atom is 0.132 e. The van der Waals surface area contributed by atoms with Crippen LogP contribution < -0.4 is 0 Å². The molecule has 0 amide bonds. The maximum atomic E-state index is 11.2. The predicted octanol–water partition coefficient (Wildman–Crippen LogP) is 3.83. The molecule has 0 radical (unpaired) electrons. The standard InChI is InChI=1S/C15H16Br2O3/c1-8(18)5-9-6-11(9)14-13(17)15-12(20-14)7-10(19-15)3-2-4-16/h3-4,9-12,15H,5-7H2,1H3/t2?,9-,10-,11+,12-,15+/m1/s1. The molecule has 0 spiro atoms. The molecule has 1 saturated carbocycles. The molecule has 0 aromatic heterocycles. The van der Waals surface area contributed by atoms with Crippen LogP contribution in [0.3, 0.4) is 0 Å². The second-order valence-electron chi connectivity index (χ2n) is 5.65. The molecule has 2 fully saturated rings. The van der Waals surface area contributed by atoms with Crippen LogP contribution in [0.5, 0.6) is 0 Å². The van der Waals surface area contributed by atoms with Crippen molar-refractivity contribution in [1.29, 1.82) is 0 Å². The number of allylic oxidation sites excluding steroid dienone is 1. The van der Waals surface area contributed by atoms with Gasteiger partial charge < -0.3 is 14.3 Å². The molecule has 3 aliphatic rings. The Bertz CT molecular complexity index is 519. The first-order chi connectivity index (χ1) is 9.60. The second-order valence-corrected chi connectivity index (χ2v) is 6.96. The number of hydrogen-bond acceptors (Lipinski definition) is 3. The number of ketones is 1. The molecule has 5 heteroatoms. The fourth-order valence-corrected chi connectivity index (χ4v) is 4.00. The highest BCUT2D eigenvalue weighted by atomic mass is 79.9. The molecule has 0 aromatic carbocycles. The summed E-state index contributed by atoms with van der Waals surface area (Å²) >= 11 is 6.83. The van der Waals surface area contributed by atoms with Crippen LogP contribution in [0.15, 0.2) is 27.0 Å². The Labute approximate surface area is 135 Å². The van der Waals surface area contributed by atoms with Gasteiger partial charge in [-0.05, 0) is 41.3 Å². The number of rotatable bonds is 4. The van der Waals surface area contributed by atoms with Gasteiger partial charge in [0.2, 0.25) is 0 Å². The third-order valence-electron chi connectivity index (χ3n) is 4.04. The zero-order valence-corrected chi connectivity index (χ0v) is 14.3. The fourth-order valence-electron chi connectivity index (χ4n) is 3.06. The molecule has 0 aromatic rings. The Morgan fingerprint density at radius 1 is 1.50 bits per heavy atom. The van der Waals surface area contributed by atoms with Gasteiger partial charge in [-0.3, -0.25) is 0 Å². The van der Waals surface area contributed by atoms with E-state index in [1.54, 1.807) is 11.9 Å². The van der Waals surface area contributed by atoms with Crippen LogP contribution in [-0.4, -0.2) is 24.1 Å². The van der Waals surface area contributed by atoms with Gasteiger partial charge in [0.15, 0.2) is 0 Å². The summed E-state index contributed by atoms with van der Waals surface area (Å²) in [7, 11) is 0. The third-order valence-corrected chi connectivity index (χ3v) is 5.15. The van der Waals surface area contributed by atoms with E-state index in [1.165, 1.54) is 0 Å². The van der Waals surface area contributed by atoms with Gasteiger partial charge in [-0.25, -0.2) is 0 Å². The monoisotopic (exact) mass is 402 g/mol. The maximum absolute atomic E-state index is 11.2. The van der Waals surface area contributed by atoms with Gasteiger partial charge in [0.05, 0.1) is 10.6 Å². The first kappa shape index (κ1) is 14.6. The van der Waals surface area contributed by atoms with E-state index < -0.39 is 0 Å². The van der Waals surface area contributed by atoms with Gasteiger partial charge in [-0.1, -0.05) is 15.9 Å². The summed E-state index contributed by atoms with van der Waals surface area (Å²) in [5.74, 6) is 2.14. The van der Waals surface area contributed by atoms with Crippen molar-refractivity contribution < 1.29 is 14.3 Å². The molecule has 3 rings (SSSR count). The Kier molecular flexibility index (Phi) is 4.23. The van der Waals surface area contributed by atoms with Gasteiger partial charge in [-0.2, -0.15) is 0 Å². The zero-order valence-electron chi connectivity index (χ0n) is 11.1. The third kappa shape index (κ3) is 2.82. The smallest absolute Gasteiger partial charge is 0.132 e. The molecule has 1 saturated heterocycles. The van der Waals surface area contributed by atoms with Gasteiger partial charge in [-0.15, -0.1) is 5.73 Å². The van der Waals surface area contributed by atoms with E-state index in [0.717, 1.165) is 23.1 Å². The fraction of sp³-hybridized carbons (Fsp3) is 0.600. The van der Waals surface area contributed by atoms with E-state index in [4.69, 9.17) is 9.47 Å². The van der Waals surface area contributed by atoms with Gasteiger partial charge in [0.25, 0.3) is 0 Å². The lowest BCUT2D eigenvalue weighted by atomic mass is 10.1. The van der Waals surface area contributed by atoms with Crippen LogP contribution in [0.2, 0.25) is 0 Å². The summed E-state index contributed by atoms with van der Waals surface area (Å²) in [6, 6.07) is 0. The molecule has 20 heavy (non-hydrogen) atoms. The van der Waals surface area contributed by atoms with Gasteiger partial charge >= 0.3 is 0 Å². The number of fused-ring (bicyclic) bond motifs is 1. The average Bonchev–Trinajstić information content (AvgIpc) is 2.91. The zero-order chi connectivity index (χ0) is 14.3. The SMILES string of the molecule is CC(=O)C[C@@H]1C[C@@H]1C1=C(Br)[C@H]2O[C@H](C=C=CBr)C[C@H]2O1. The second kappa shape index (κ2) is 5.80. The molecule has 3 nitrogen and oxygen atoms in total. The van der Waals surface area contributed by atoms with Crippen molar-refractivity contribution in [2.24, 2.45) is 11.8 Å². The summed E-state index contributed by atoms with van der Waals surface area (Å²) in [6.45, 7) is 1.65. The summed E-state index contributed by atoms with van der Waals surface area (Å²) in [4.78, 5) is 12.9. The Morgan fingerprint density at radius 2 is 2.30 bits per heavy atom. The minimum absolute atomic E-state index is 0.00181. The highest BCUT2D eigenvalue weighted by Gasteiger charge is 2.51. The van der Waals surface area contributed by atoms with Gasteiger partial charge in [0.1, 0.15) is 23.8 Å². The number of hydrogen-bond donors (Lipinski definition) is 0. The van der Waals surface area contributed by atoms with E-state index >= 15 is 0 Å². The van der Waals surface area contributed by atoms with Crippen molar-refractivity contribution >= 4 is 37.6 Å². The molecule has 0 unspecified atom stereocenters. The van der Waals surface area contributed by atoms with Crippen LogP contribution in [-0.2, 0) is 14.3 Å². The van der Waals surface area contributed by atoms with E-state index in [-0.39, 0.29) is 24.1 Å². The number of ether oxygens (including phenoxy) is 2. The Morgan fingerprint density at radius 3 is 2.95 bits per heavy atom. The Hall–Kier alpha value is -0.350. The summed E-state index contributed by atoms with van der Waals surface area (Å²) in [5, 5.41) is 0. The van der Waals surface area contributed by atoms with Crippen molar-refractivity contribution in [3.05, 3.63) is 27.0 Å². The first-order valence-electron chi connectivity index (χ1n) is 6.82.